The molecule has 0 atom stereocenters. The van der Waals surface area contributed by atoms with E-state index in [2.05, 4.69) is 57.4 Å². The van der Waals surface area contributed by atoms with Crippen molar-refractivity contribution in [1.29, 1.82) is 0 Å². The fourth-order valence-electron chi connectivity index (χ4n) is 2.23. The van der Waals surface area contributed by atoms with Crippen molar-refractivity contribution in [3.05, 3.63) is 52.3 Å². The van der Waals surface area contributed by atoms with Crippen LogP contribution in [-0.2, 0) is 0 Å². The van der Waals surface area contributed by atoms with Crippen molar-refractivity contribution in [1.82, 2.24) is 9.38 Å². The number of aryl methyl sites for hydroxylation is 2. The molecule has 2 heterocycles. The standard InChI is InChI=1S/C15H14BrN3/c1-9-3-4-10(2)12(7-9)15-18-14(16)13-8-11(17)5-6-19(13)15/h3-8H,17H2,1-2H3. The molecule has 0 unspecified atom stereocenters. The second kappa shape index (κ2) is 4.38. The largest absolute Gasteiger partial charge is 0.399 e. The summed E-state index contributed by atoms with van der Waals surface area (Å²) in [6.45, 7) is 4.19. The van der Waals surface area contributed by atoms with Gasteiger partial charge in [-0.05, 0) is 53.5 Å². The zero-order valence-electron chi connectivity index (χ0n) is 10.8. The third kappa shape index (κ3) is 2.02. The molecule has 3 aromatic rings. The maximum Gasteiger partial charge on any atom is 0.146 e. The number of fused-ring (bicyclic) bond motifs is 1. The van der Waals surface area contributed by atoms with Crippen LogP contribution in [0.5, 0.6) is 0 Å². The Hall–Kier alpha value is -1.81. The summed E-state index contributed by atoms with van der Waals surface area (Å²) in [7, 11) is 0. The number of pyridine rings is 1. The molecule has 3 rings (SSSR count). The fraction of sp³-hybridized carbons (Fsp3) is 0.133. The van der Waals surface area contributed by atoms with Crippen LogP contribution >= 0.6 is 15.9 Å². The first-order valence-electron chi connectivity index (χ1n) is 6.07. The first kappa shape index (κ1) is 12.2. The van der Waals surface area contributed by atoms with Crippen LogP contribution in [0, 0.1) is 13.8 Å². The summed E-state index contributed by atoms with van der Waals surface area (Å²) >= 11 is 3.50. The van der Waals surface area contributed by atoms with Gasteiger partial charge in [0.05, 0.1) is 5.52 Å². The van der Waals surface area contributed by atoms with Crippen molar-refractivity contribution in [3.63, 3.8) is 0 Å². The van der Waals surface area contributed by atoms with E-state index in [-0.39, 0.29) is 0 Å². The summed E-state index contributed by atoms with van der Waals surface area (Å²) in [5, 5.41) is 0. The van der Waals surface area contributed by atoms with E-state index >= 15 is 0 Å². The van der Waals surface area contributed by atoms with E-state index in [0.717, 1.165) is 27.2 Å². The van der Waals surface area contributed by atoms with Crippen molar-refractivity contribution in [2.24, 2.45) is 0 Å². The molecular weight excluding hydrogens is 302 g/mol. The lowest BCUT2D eigenvalue weighted by molar-refractivity contribution is 1.15. The summed E-state index contributed by atoms with van der Waals surface area (Å²) in [6, 6.07) is 10.2. The van der Waals surface area contributed by atoms with E-state index in [4.69, 9.17) is 5.73 Å². The Kier molecular flexibility index (Phi) is 2.82. The minimum atomic E-state index is 0.737. The number of imidazole rings is 1. The average Bonchev–Trinajstić information content (AvgIpc) is 2.69. The van der Waals surface area contributed by atoms with Gasteiger partial charge in [0.25, 0.3) is 0 Å². The first-order valence-corrected chi connectivity index (χ1v) is 6.86. The number of rotatable bonds is 1. The second-order valence-corrected chi connectivity index (χ2v) is 5.51. The summed E-state index contributed by atoms with van der Waals surface area (Å²) in [5.41, 5.74) is 11.1. The third-order valence-corrected chi connectivity index (χ3v) is 3.84. The van der Waals surface area contributed by atoms with E-state index in [1.807, 2.05) is 18.3 Å². The van der Waals surface area contributed by atoms with Crippen molar-refractivity contribution >= 4 is 27.1 Å². The second-order valence-electron chi connectivity index (χ2n) is 4.76. The molecule has 4 heteroatoms. The van der Waals surface area contributed by atoms with Gasteiger partial charge in [-0.25, -0.2) is 4.98 Å². The Morgan fingerprint density at radius 3 is 2.74 bits per heavy atom. The normalized spacial score (nSPS) is 11.1. The van der Waals surface area contributed by atoms with Gasteiger partial charge < -0.3 is 5.73 Å². The predicted octanol–water partition coefficient (Wildman–Crippen LogP) is 3.96. The van der Waals surface area contributed by atoms with Crippen LogP contribution in [0.3, 0.4) is 0 Å². The highest BCUT2D eigenvalue weighted by Gasteiger charge is 2.13. The van der Waals surface area contributed by atoms with Gasteiger partial charge in [-0.3, -0.25) is 4.40 Å². The maximum absolute atomic E-state index is 5.83. The molecule has 0 amide bonds. The molecule has 2 aromatic heterocycles. The van der Waals surface area contributed by atoms with Crippen molar-refractivity contribution in [2.45, 2.75) is 13.8 Å². The molecule has 0 radical (unpaired) electrons. The lowest BCUT2D eigenvalue weighted by atomic mass is 10.1. The molecule has 1 aromatic carbocycles. The smallest absolute Gasteiger partial charge is 0.146 e. The predicted molar refractivity (Wildman–Crippen MR) is 82.2 cm³/mol. The van der Waals surface area contributed by atoms with Crippen LogP contribution in [0.4, 0.5) is 5.69 Å². The van der Waals surface area contributed by atoms with Gasteiger partial charge in [0.1, 0.15) is 10.4 Å². The van der Waals surface area contributed by atoms with Crippen LogP contribution in [0.1, 0.15) is 11.1 Å². The monoisotopic (exact) mass is 315 g/mol. The molecule has 96 valence electrons. The van der Waals surface area contributed by atoms with Gasteiger partial charge in [-0.1, -0.05) is 17.7 Å². The number of nitrogens with two attached hydrogens (primary N) is 1. The summed E-state index contributed by atoms with van der Waals surface area (Å²) in [4.78, 5) is 4.63. The molecule has 0 aliphatic carbocycles. The van der Waals surface area contributed by atoms with Gasteiger partial charge in [0, 0.05) is 17.4 Å². The Morgan fingerprint density at radius 1 is 1.16 bits per heavy atom. The Morgan fingerprint density at radius 2 is 1.95 bits per heavy atom. The maximum atomic E-state index is 5.83. The van der Waals surface area contributed by atoms with Crippen LogP contribution < -0.4 is 5.73 Å². The molecule has 0 aliphatic heterocycles. The quantitative estimate of drug-likeness (QED) is 0.738. The number of nitrogens with zero attached hydrogens (tertiary/aromatic N) is 2. The molecule has 2 N–H and O–H groups in total. The Bertz CT molecular complexity index is 774. The minimum Gasteiger partial charge on any atom is -0.399 e. The molecule has 3 nitrogen and oxygen atoms in total. The Labute approximate surface area is 120 Å². The molecule has 0 saturated carbocycles. The van der Waals surface area contributed by atoms with Gasteiger partial charge in [0.2, 0.25) is 0 Å². The van der Waals surface area contributed by atoms with Crippen molar-refractivity contribution < 1.29 is 0 Å². The zero-order chi connectivity index (χ0) is 13.6. The lowest BCUT2D eigenvalue weighted by Gasteiger charge is -2.06. The number of hydrogen-bond acceptors (Lipinski definition) is 2. The molecular formula is C15H14BrN3. The SMILES string of the molecule is Cc1ccc(C)c(-c2nc(Br)c3cc(N)ccn23)c1. The van der Waals surface area contributed by atoms with Crippen molar-refractivity contribution in [3.8, 4) is 11.4 Å². The Balaban J connectivity index is 2.34. The molecule has 0 spiro atoms. The third-order valence-electron chi connectivity index (χ3n) is 3.26. The average molecular weight is 316 g/mol. The highest BCUT2D eigenvalue weighted by atomic mass is 79.9. The number of halogens is 1. The highest BCUT2D eigenvalue weighted by Crippen LogP contribution is 2.29. The van der Waals surface area contributed by atoms with E-state index in [1.165, 1.54) is 11.1 Å². The lowest BCUT2D eigenvalue weighted by Crippen LogP contribution is -1.93. The first-order chi connectivity index (χ1) is 9.06. The van der Waals surface area contributed by atoms with Crippen LogP contribution in [0.2, 0.25) is 0 Å². The van der Waals surface area contributed by atoms with Gasteiger partial charge >= 0.3 is 0 Å². The minimum absolute atomic E-state index is 0.737. The summed E-state index contributed by atoms with van der Waals surface area (Å²) in [5.74, 6) is 0.933. The van der Waals surface area contributed by atoms with Gasteiger partial charge in [0.15, 0.2) is 0 Å². The van der Waals surface area contributed by atoms with E-state index in [0.29, 0.717) is 0 Å². The number of anilines is 1. The summed E-state index contributed by atoms with van der Waals surface area (Å²) in [6.07, 6.45) is 1.96. The molecule has 0 aliphatic rings. The van der Waals surface area contributed by atoms with E-state index < -0.39 is 0 Å². The van der Waals surface area contributed by atoms with Crippen LogP contribution in [0.25, 0.3) is 16.9 Å². The number of aromatic nitrogens is 2. The molecule has 0 fully saturated rings. The van der Waals surface area contributed by atoms with Crippen LogP contribution in [-0.4, -0.2) is 9.38 Å². The molecule has 0 bridgehead atoms. The fourth-order valence-corrected chi connectivity index (χ4v) is 2.70. The van der Waals surface area contributed by atoms with Crippen LogP contribution in [0.15, 0.2) is 41.1 Å². The molecule has 19 heavy (non-hydrogen) atoms. The molecule has 0 saturated heterocycles. The van der Waals surface area contributed by atoms with Crippen molar-refractivity contribution in [2.75, 3.05) is 5.73 Å². The van der Waals surface area contributed by atoms with E-state index in [1.54, 1.807) is 0 Å². The topological polar surface area (TPSA) is 43.3 Å². The highest BCUT2D eigenvalue weighted by molar-refractivity contribution is 9.10. The number of nitrogen functional groups attached to an aromatic ring is 1. The van der Waals surface area contributed by atoms with Gasteiger partial charge in [-0.15, -0.1) is 0 Å². The number of benzene rings is 1. The summed E-state index contributed by atoms with van der Waals surface area (Å²) < 4.78 is 2.87. The zero-order valence-corrected chi connectivity index (χ0v) is 12.4. The van der Waals surface area contributed by atoms with Gasteiger partial charge in [-0.2, -0.15) is 0 Å². The van der Waals surface area contributed by atoms with E-state index in [9.17, 15) is 0 Å². The number of hydrogen-bond donors (Lipinski definition) is 1.